The van der Waals surface area contributed by atoms with Crippen LogP contribution in [0.1, 0.15) is 5.56 Å². The molecule has 0 aliphatic carbocycles. The molecule has 0 bridgehead atoms. The van der Waals surface area contributed by atoms with Crippen molar-refractivity contribution in [3.8, 4) is 5.75 Å². The molecule has 4 nitrogen and oxygen atoms in total. The van der Waals surface area contributed by atoms with Crippen molar-refractivity contribution in [1.82, 2.24) is 4.90 Å². The van der Waals surface area contributed by atoms with Crippen molar-refractivity contribution in [2.75, 3.05) is 37.7 Å². The van der Waals surface area contributed by atoms with Gasteiger partial charge in [0.15, 0.2) is 6.61 Å². The fourth-order valence-electron chi connectivity index (χ4n) is 2.78. The van der Waals surface area contributed by atoms with Gasteiger partial charge in [0.1, 0.15) is 5.75 Å². The Balaban J connectivity index is 1.50. The first-order chi connectivity index (χ1) is 11.6. The van der Waals surface area contributed by atoms with Crippen molar-refractivity contribution in [2.24, 2.45) is 0 Å². The summed E-state index contributed by atoms with van der Waals surface area (Å²) in [5.41, 5.74) is 2.20. The lowest BCUT2D eigenvalue weighted by atomic mass is 10.2. The minimum atomic E-state index is 0.0226. The van der Waals surface area contributed by atoms with E-state index in [-0.39, 0.29) is 12.5 Å². The van der Waals surface area contributed by atoms with E-state index in [1.54, 1.807) is 0 Å². The van der Waals surface area contributed by atoms with E-state index in [1.807, 2.05) is 60.4 Å². The molecule has 2 aromatic rings. The maximum Gasteiger partial charge on any atom is 0.260 e. The molecule has 0 aromatic heterocycles. The molecule has 1 aliphatic rings. The number of ether oxygens (including phenoxy) is 1. The van der Waals surface area contributed by atoms with Crippen molar-refractivity contribution in [3.63, 3.8) is 0 Å². The third-order valence-corrected chi connectivity index (χ3v) is 4.53. The summed E-state index contributed by atoms with van der Waals surface area (Å²) in [4.78, 5) is 16.4. The Hall–Kier alpha value is -2.20. The molecule has 3 rings (SSSR count). The second-order valence-electron chi connectivity index (χ2n) is 5.92. The average Bonchev–Trinajstić information content (AvgIpc) is 2.61. The number of para-hydroxylation sites is 1. The fraction of sp³-hybridized carbons (Fsp3) is 0.316. The molecule has 126 valence electrons. The smallest absolute Gasteiger partial charge is 0.260 e. The number of halogens is 1. The fourth-order valence-corrected chi connectivity index (χ4v) is 3.03. The Morgan fingerprint density at radius 1 is 1.04 bits per heavy atom. The maximum absolute atomic E-state index is 12.3. The maximum atomic E-state index is 12.3. The van der Waals surface area contributed by atoms with E-state index >= 15 is 0 Å². The molecule has 0 N–H and O–H groups in total. The van der Waals surface area contributed by atoms with Gasteiger partial charge in [-0.2, -0.15) is 0 Å². The molecule has 1 aliphatic heterocycles. The topological polar surface area (TPSA) is 32.8 Å². The molecule has 24 heavy (non-hydrogen) atoms. The number of carbonyl (C=O) groups excluding carboxylic acids is 1. The lowest BCUT2D eigenvalue weighted by Gasteiger charge is -2.36. The van der Waals surface area contributed by atoms with Gasteiger partial charge in [0, 0.05) is 26.2 Å². The number of piperazine rings is 1. The van der Waals surface area contributed by atoms with Crippen molar-refractivity contribution >= 4 is 23.2 Å². The molecule has 0 radical (unpaired) electrons. The van der Waals surface area contributed by atoms with Crippen LogP contribution in [0, 0.1) is 6.92 Å². The molecule has 0 saturated carbocycles. The lowest BCUT2D eigenvalue weighted by Crippen LogP contribution is -2.50. The van der Waals surface area contributed by atoms with Crippen LogP contribution in [0.4, 0.5) is 5.69 Å². The molecule has 0 spiro atoms. The number of nitrogens with zero attached hydrogens (tertiary/aromatic N) is 2. The third kappa shape index (κ3) is 4.01. The van der Waals surface area contributed by atoms with Crippen LogP contribution in [0.5, 0.6) is 5.75 Å². The predicted molar refractivity (Wildman–Crippen MR) is 96.9 cm³/mol. The summed E-state index contributed by atoms with van der Waals surface area (Å²) in [5.74, 6) is 0.748. The van der Waals surface area contributed by atoms with Crippen molar-refractivity contribution in [1.29, 1.82) is 0 Å². The lowest BCUT2D eigenvalue weighted by molar-refractivity contribution is -0.133. The van der Waals surface area contributed by atoms with E-state index in [2.05, 4.69) is 4.90 Å². The van der Waals surface area contributed by atoms with Gasteiger partial charge in [0.25, 0.3) is 5.91 Å². The largest absolute Gasteiger partial charge is 0.484 e. The van der Waals surface area contributed by atoms with Gasteiger partial charge in [0.05, 0.1) is 10.7 Å². The van der Waals surface area contributed by atoms with Gasteiger partial charge in [0.2, 0.25) is 0 Å². The minimum absolute atomic E-state index is 0.0226. The number of hydrogen-bond acceptors (Lipinski definition) is 3. The van der Waals surface area contributed by atoms with E-state index in [0.717, 1.165) is 29.5 Å². The first kappa shape index (κ1) is 16.7. The summed E-state index contributed by atoms with van der Waals surface area (Å²) in [6.45, 7) is 5.02. The molecule has 5 heteroatoms. The van der Waals surface area contributed by atoms with E-state index in [4.69, 9.17) is 16.3 Å². The number of carbonyl (C=O) groups is 1. The van der Waals surface area contributed by atoms with E-state index < -0.39 is 0 Å². The number of hydrogen-bond donors (Lipinski definition) is 0. The predicted octanol–water partition coefficient (Wildman–Crippen LogP) is 3.38. The third-order valence-electron chi connectivity index (χ3n) is 4.21. The molecule has 1 amide bonds. The molecule has 1 saturated heterocycles. The van der Waals surface area contributed by atoms with Crippen molar-refractivity contribution in [2.45, 2.75) is 6.92 Å². The van der Waals surface area contributed by atoms with Crippen molar-refractivity contribution in [3.05, 3.63) is 59.1 Å². The summed E-state index contributed by atoms with van der Waals surface area (Å²) in [5, 5.41) is 0.750. The second-order valence-corrected chi connectivity index (χ2v) is 6.33. The molecule has 1 heterocycles. The quantitative estimate of drug-likeness (QED) is 0.852. The van der Waals surface area contributed by atoms with Crippen LogP contribution in [-0.2, 0) is 4.79 Å². The molecule has 2 aromatic carbocycles. The average molecular weight is 345 g/mol. The molecular weight excluding hydrogens is 324 g/mol. The first-order valence-electron chi connectivity index (χ1n) is 8.10. The summed E-state index contributed by atoms with van der Waals surface area (Å²) in [6.07, 6.45) is 0. The van der Waals surface area contributed by atoms with Gasteiger partial charge in [-0.15, -0.1) is 0 Å². The van der Waals surface area contributed by atoms with Crippen molar-refractivity contribution < 1.29 is 9.53 Å². The van der Waals surface area contributed by atoms with Crippen LogP contribution in [0.2, 0.25) is 5.02 Å². The highest BCUT2D eigenvalue weighted by Crippen LogP contribution is 2.26. The van der Waals surface area contributed by atoms with Gasteiger partial charge in [-0.3, -0.25) is 4.79 Å². The van der Waals surface area contributed by atoms with Crippen LogP contribution < -0.4 is 9.64 Å². The van der Waals surface area contributed by atoms with Gasteiger partial charge >= 0.3 is 0 Å². The SMILES string of the molecule is Cc1ccc(OCC(=O)N2CCN(c3ccccc3Cl)CC2)cc1. The van der Waals surface area contributed by atoms with E-state index in [9.17, 15) is 4.79 Å². The van der Waals surface area contributed by atoms with Crippen LogP contribution in [0.15, 0.2) is 48.5 Å². The number of anilines is 1. The molecular formula is C19H21ClN2O2. The Bertz CT molecular complexity index is 695. The summed E-state index contributed by atoms with van der Waals surface area (Å²) >= 11 is 6.24. The standard InChI is InChI=1S/C19H21ClN2O2/c1-15-6-8-16(9-7-15)24-14-19(23)22-12-10-21(11-13-22)18-5-3-2-4-17(18)20/h2-9H,10-14H2,1H3. The minimum Gasteiger partial charge on any atom is -0.484 e. The molecule has 0 atom stereocenters. The second kappa shape index (κ2) is 7.58. The van der Waals surface area contributed by atoms with Crippen LogP contribution in [-0.4, -0.2) is 43.6 Å². The number of amides is 1. The van der Waals surface area contributed by atoms with Gasteiger partial charge in [-0.05, 0) is 31.2 Å². The number of aryl methyl sites for hydroxylation is 1. The summed E-state index contributed by atoms with van der Waals surface area (Å²) in [7, 11) is 0. The zero-order valence-electron chi connectivity index (χ0n) is 13.7. The Labute approximate surface area is 147 Å². The molecule has 1 fully saturated rings. The van der Waals surface area contributed by atoms with Gasteiger partial charge < -0.3 is 14.5 Å². The normalized spacial score (nSPS) is 14.6. The van der Waals surface area contributed by atoms with E-state index in [1.165, 1.54) is 5.56 Å². The number of rotatable bonds is 4. The van der Waals surface area contributed by atoms with Crippen LogP contribution in [0.25, 0.3) is 0 Å². The monoisotopic (exact) mass is 344 g/mol. The Kier molecular flexibility index (Phi) is 5.26. The highest BCUT2D eigenvalue weighted by molar-refractivity contribution is 6.33. The Morgan fingerprint density at radius 3 is 2.38 bits per heavy atom. The summed E-state index contributed by atoms with van der Waals surface area (Å²) < 4.78 is 5.58. The highest BCUT2D eigenvalue weighted by Gasteiger charge is 2.22. The highest BCUT2D eigenvalue weighted by atomic mass is 35.5. The van der Waals surface area contributed by atoms with Crippen LogP contribution in [0.3, 0.4) is 0 Å². The number of benzene rings is 2. The van der Waals surface area contributed by atoms with Gasteiger partial charge in [-0.1, -0.05) is 41.4 Å². The Morgan fingerprint density at radius 2 is 1.71 bits per heavy atom. The zero-order valence-corrected chi connectivity index (χ0v) is 14.5. The molecule has 0 unspecified atom stereocenters. The summed E-state index contributed by atoms with van der Waals surface area (Å²) in [6, 6.07) is 15.5. The first-order valence-corrected chi connectivity index (χ1v) is 8.48. The van der Waals surface area contributed by atoms with Crippen LogP contribution >= 0.6 is 11.6 Å². The van der Waals surface area contributed by atoms with Gasteiger partial charge in [-0.25, -0.2) is 0 Å². The zero-order chi connectivity index (χ0) is 16.9. The van der Waals surface area contributed by atoms with E-state index in [0.29, 0.717) is 13.1 Å².